The van der Waals surface area contributed by atoms with Crippen LogP contribution < -0.4 is 0 Å². The van der Waals surface area contributed by atoms with Crippen LogP contribution in [0.5, 0.6) is 0 Å². The number of hydrogen-bond donors (Lipinski definition) is 0. The second-order valence-electron chi connectivity index (χ2n) is 11.5. The van der Waals surface area contributed by atoms with Crippen molar-refractivity contribution >= 4 is 54.1 Å². The molecule has 9 aromatic rings. The standard InChI is InChI=1S/C42H26N2/c1-2-11-36-33(7-1)26-39(38-13-4-3-12-37(36)38)34-19-18-31-23-30(16-17-32(31)24-34)29-8-5-9-35(25-29)40-21-20-28-15-14-27-10-6-22-43-41(27)42(28)44-40/h1-26H. The van der Waals surface area contributed by atoms with Crippen LogP contribution in [0.2, 0.25) is 0 Å². The topological polar surface area (TPSA) is 25.8 Å². The van der Waals surface area contributed by atoms with Gasteiger partial charge in [0.15, 0.2) is 0 Å². The molecule has 0 aliphatic carbocycles. The fraction of sp³-hybridized carbons (Fsp3) is 0. The van der Waals surface area contributed by atoms with Crippen molar-refractivity contribution in [3.63, 3.8) is 0 Å². The van der Waals surface area contributed by atoms with Crippen molar-refractivity contribution in [3.8, 4) is 33.5 Å². The molecule has 0 fully saturated rings. The van der Waals surface area contributed by atoms with Crippen LogP contribution in [-0.4, -0.2) is 9.97 Å². The van der Waals surface area contributed by atoms with E-state index in [1.54, 1.807) is 0 Å². The monoisotopic (exact) mass is 558 g/mol. The molecule has 0 spiro atoms. The molecule has 0 aliphatic heterocycles. The lowest BCUT2D eigenvalue weighted by atomic mass is 9.91. The summed E-state index contributed by atoms with van der Waals surface area (Å²) in [6.07, 6.45) is 1.84. The molecule has 204 valence electrons. The fourth-order valence-corrected chi connectivity index (χ4v) is 6.63. The molecule has 7 aromatic carbocycles. The largest absolute Gasteiger partial charge is 0.254 e. The van der Waals surface area contributed by atoms with Gasteiger partial charge in [-0.1, -0.05) is 115 Å². The van der Waals surface area contributed by atoms with Gasteiger partial charge in [0.1, 0.15) is 0 Å². The smallest absolute Gasteiger partial charge is 0.0972 e. The first kappa shape index (κ1) is 24.7. The third-order valence-corrected chi connectivity index (χ3v) is 8.84. The Labute approximate surface area is 254 Å². The second-order valence-corrected chi connectivity index (χ2v) is 11.5. The first-order valence-corrected chi connectivity index (χ1v) is 15.0. The van der Waals surface area contributed by atoms with E-state index in [9.17, 15) is 0 Å². The van der Waals surface area contributed by atoms with Crippen molar-refractivity contribution < 1.29 is 0 Å². The van der Waals surface area contributed by atoms with E-state index >= 15 is 0 Å². The van der Waals surface area contributed by atoms with Crippen LogP contribution in [0.3, 0.4) is 0 Å². The summed E-state index contributed by atoms with van der Waals surface area (Å²) in [5, 5.41) is 9.79. The van der Waals surface area contributed by atoms with Crippen LogP contribution in [0, 0.1) is 0 Å². The van der Waals surface area contributed by atoms with Gasteiger partial charge in [-0.3, -0.25) is 4.98 Å². The van der Waals surface area contributed by atoms with Crippen LogP contribution in [-0.2, 0) is 0 Å². The van der Waals surface area contributed by atoms with E-state index in [1.807, 2.05) is 12.3 Å². The SMILES string of the molecule is c1cc(-c2ccc3cc(-c4cc5ccccc5c5ccccc45)ccc3c2)cc(-c2ccc3ccc4cccnc4c3n2)c1. The van der Waals surface area contributed by atoms with E-state index in [4.69, 9.17) is 4.98 Å². The zero-order valence-electron chi connectivity index (χ0n) is 23.9. The molecule has 0 saturated heterocycles. The number of aromatic nitrogens is 2. The van der Waals surface area contributed by atoms with Crippen LogP contribution >= 0.6 is 0 Å². The molecule has 0 aliphatic rings. The minimum absolute atomic E-state index is 0.937. The highest BCUT2D eigenvalue weighted by Gasteiger charge is 2.11. The predicted molar refractivity (Wildman–Crippen MR) is 186 cm³/mol. The van der Waals surface area contributed by atoms with Crippen molar-refractivity contribution in [3.05, 3.63) is 158 Å². The maximum atomic E-state index is 5.07. The van der Waals surface area contributed by atoms with Crippen molar-refractivity contribution in [2.24, 2.45) is 0 Å². The van der Waals surface area contributed by atoms with Crippen LogP contribution in [0.1, 0.15) is 0 Å². The zero-order chi connectivity index (χ0) is 29.0. The van der Waals surface area contributed by atoms with E-state index in [0.717, 1.165) is 33.1 Å². The minimum Gasteiger partial charge on any atom is -0.254 e. The first-order valence-electron chi connectivity index (χ1n) is 15.0. The molecule has 0 amide bonds. The van der Waals surface area contributed by atoms with E-state index in [1.165, 1.54) is 54.6 Å². The number of fused-ring (bicyclic) bond motifs is 7. The highest BCUT2D eigenvalue weighted by Crippen LogP contribution is 2.37. The third-order valence-electron chi connectivity index (χ3n) is 8.84. The Bertz CT molecular complexity index is 2560. The van der Waals surface area contributed by atoms with Gasteiger partial charge in [0.25, 0.3) is 0 Å². The van der Waals surface area contributed by atoms with Gasteiger partial charge in [0.2, 0.25) is 0 Å². The maximum absolute atomic E-state index is 5.07. The van der Waals surface area contributed by atoms with Gasteiger partial charge < -0.3 is 0 Å². The van der Waals surface area contributed by atoms with Crippen molar-refractivity contribution in [1.29, 1.82) is 0 Å². The molecular formula is C42H26N2. The molecule has 0 bridgehead atoms. The third kappa shape index (κ3) is 4.04. The Kier molecular flexibility index (Phi) is 5.54. The first-order chi connectivity index (χ1) is 21.8. The Balaban J connectivity index is 1.11. The summed E-state index contributed by atoms with van der Waals surface area (Å²) in [6.45, 7) is 0. The highest BCUT2D eigenvalue weighted by atomic mass is 14.7. The Morgan fingerprint density at radius 3 is 1.86 bits per heavy atom. The summed E-state index contributed by atoms with van der Waals surface area (Å²) >= 11 is 0. The molecule has 44 heavy (non-hydrogen) atoms. The molecule has 2 nitrogen and oxygen atoms in total. The summed E-state index contributed by atoms with van der Waals surface area (Å²) in [5.74, 6) is 0. The fourth-order valence-electron chi connectivity index (χ4n) is 6.63. The Morgan fingerprint density at radius 1 is 0.341 bits per heavy atom. The highest BCUT2D eigenvalue weighted by molar-refractivity contribution is 6.14. The van der Waals surface area contributed by atoms with E-state index in [0.29, 0.717) is 0 Å². The number of rotatable bonds is 3. The average molecular weight is 559 g/mol. The van der Waals surface area contributed by atoms with Crippen LogP contribution in [0.15, 0.2) is 158 Å². The lowest BCUT2D eigenvalue weighted by molar-refractivity contribution is 1.37. The number of pyridine rings is 2. The second kappa shape index (κ2) is 9.86. The van der Waals surface area contributed by atoms with Gasteiger partial charge in [0, 0.05) is 22.5 Å². The van der Waals surface area contributed by atoms with Crippen molar-refractivity contribution in [2.45, 2.75) is 0 Å². The van der Waals surface area contributed by atoms with E-state index in [2.05, 4.69) is 151 Å². The lowest BCUT2D eigenvalue weighted by Crippen LogP contribution is -1.89. The molecule has 2 heteroatoms. The molecule has 2 aromatic heterocycles. The quantitative estimate of drug-likeness (QED) is 0.202. The summed E-state index contributed by atoms with van der Waals surface area (Å²) < 4.78 is 0. The van der Waals surface area contributed by atoms with Gasteiger partial charge in [-0.25, -0.2) is 4.98 Å². The van der Waals surface area contributed by atoms with Gasteiger partial charge >= 0.3 is 0 Å². The molecule has 0 unspecified atom stereocenters. The number of hydrogen-bond acceptors (Lipinski definition) is 2. The van der Waals surface area contributed by atoms with E-state index in [-0.39, 0.29) is 0 Å². The molecule has 9 rings (SSSR count). The zero-order valence-corrected chi connectivity index (χ0v) is 23.9. The number of benzene rings is 7. The summed E-state index contributed by atoms with van der Waals surface area (Å²) in [6, 6.07) is 54.5. The van der Waals surface area contributed by atoms with Crippen molar-refractivity contribution in [2.75, 3.05) is 0 Å². The Morgan fingerprint density at radius 2 is 0.977 bits per heavy atom. The molecule has 0 saturated carbocycles. The Hall–Kier alpha value is -5.86. The molecule has 0 atom stereocenters. The lowest BCUT2D eigenvalue weighted by Gasteiger charge is -2.12. The molecular weight excluding hydrogens is 532 g/mol. The van der Waals surface area contributed by atoms with Crippen LogP contribution in [0.25, 0.3) is 87.6 Å². The van der Waals surface area contributed by atoms with Crippen molar-refractivity contribution in [1.82, 2.24) is 9.97 Å². The molecule has 0 radical (unpaired) electrons. The van der Waals surface area contributed by atoms with E-state index < -0.39 is 0 Å². The maximum Gasteiger partial charge on any atom is 0.0972 e. The summed E-state index contributed by atoms with van der Waals surface area (Å²) in [5.41, 5.74) is 8.78. The molecule has 2 heterocycles. The average Bonchev–Trinajstić information content (AvgIpc) is 3.10. The number of nitrogens with zero attached hydrogens (tertiary/aromatic N) is 2. The minimum atomic E-state index is 0.937. The van der Waals surface area contributed by atoms with Gasteiger partial charge in [0.05, 0.1) is 16.7 Å². The predicted octanol–water partition coefficient (Wildman–Crippen LogP) is 11.2. The molecule has 0 N–H and O–H groups in total. The van der Waals surface area contributed by atoms with Gasteiger partial charge in [-0.15, -0.1) is 0 Å². The van der Waals surface area contributed by atoms with Gasteiger partial charge in [-0.2, -0.15) is 0 Å². The van der Waals surface area contributed by atoms with Gasteiger partial charge in [-0.05, 0) is 91.0 Å². The van der Waals surface area contributed by atoms with Crippen LogP contribution in [0.4, 0.5) is 0 Å². The summed E-state index contributed by atoms with van der Waals surface area (Å²) in [4.78, 5) is 9.70. The summed E-state index contributed by atoms with van der Waals surface area (Å²) in [7, 11) is 0. The normalized spacial score (nSPS) is 11.6.